The molecule has 21 heavy (non-hydrogen) atoms. The van der Waals surface area contributed by atoms with Gasteiger partial charge < -0.3 is 15.4 Å². The third-order valence-corrected chi connectivity index (χ3v) is 4.27. The summed E-state index contributed by atoms with van der Waals surface area (Å²) in [7, 11) is 0. The lowest BCUT2D eigenvalue weighted by Crippen LogP contribution is -2.41. The third kappa shape index (κ3) is 4.05. The maximum atomic E-state index is 12.6. The van der Waals surface area contributed by atoms with Gasteiger partial charge in [-0.05, 0) is 56.8 Å². The Kier molecular flexibility index (Phi) is 5.76. The number of nitrogens with two attached hydrogens (primary N) is 1. The van der Waals surface area contributed by atoms with Crippen molar-refractivity contribution >= 4 is 5.91 Å². The maximum Gasteiger partial charge on any atom is 0.254 e. The summed E-state index contributed by atoms with van der Waals surface area (Å²) < 4.78 is 5.78. The second-order valence-electron chi connectivity index (χ2n) is 5.75. The van der Waals surface area contributed by atoms with E-state index in [1.165, 1.54) is 5.56 Å². The van der Waals surface area contributed by atoms with Gasteiger partial charge in [0.05, 0.1) is 6.10 Å². The minimum atomic E-state index is 0.150. The number of benzene rings is 1. The van der Waals surface area contributed by atoms with Crippen LogP contribution in [0.1, 0.15) is 40.7 Å². The van der Waals surface area contributed by atoms with E-state index in [4.69, 9.17) is 10.5 Å². The SMILES string of the molecule is Cc1cccc(C(=O)N2CCC(OCCCN)CC2)c1C. The zero-order chi connectivity index (χ0) is 15.2. The lowest BCUT2D eigenvalue weighted by Gasteiger charge is -2.32. The number of amides is 1. The summed E-state index contributed by atoms with van der Waals surface area (Å²) in [6.45, 7) is 7.02. The largest absolute Gasteiger partial charge is 0.378 e. The van der Waals surface area contributed by atoms with Gasteiger partial charge in [-0.25, -0.2) is 0 Å². The molecule has 1 aromatic carbocycles. The van der Waals surface area contributed by atoms with E-state index in [1.54, 1.807) is 0 Å². The van der Waals surface area contributed by atoms with Gasteiger partial charge in [-0.2, -0.15) is 0 Å². The van der Waals surface area contributed by atoms with E-state index in [2.05, 4.69) is 0 Å². The molecule has 2 rings (SSSR count). The zero-order valence-corrected chi connectivity index (χ0v) is 13.1. The Morgan fingerprint density at radius 3 is 2.71 bits per heavy atom. The number of rotatable bonds is 5. The average Bonchev–Trinajstić information content (AvgIpc) is 2.50. The minimum absolute atomic E-state index is 0.150. The van der Waals surface area contributed by atoms with E-state index < -0.39 is 0 Å². The molecule has 0 unspecified atom stereocenters. The topological polar surface area (TPSA) is 55.6 Å². The molecule has 1 aliphatic rings. The van der Waals surface area contributed by atoms with Crippen LogP contribution in [0.5, 0.6) is 0 Å². The molecule has 1 fully saturated rings. The minimum Gasteiger partial charge on any atom is -0.378 e. The molecular formula is C17H26N2O2. The fraction of sp³-hybridized carbons (Fsp3) is 0.588. The fourth-order valence-electron chi connectivity index (χ4n) is 2.71. The molecule has 0 aromatic heterocycles. The zero-order valence-electron chi connectivity index (χ0n) is 13.1. The van der Waals surface area contributed by atoms with Crippen molar-refractivity contribution < 1.29 is 9.53 Å². The van der Waals surface area contributed by atoms with Gasteiger partial charge in [0, 0.05) is 25.3 Å². The van der Waals surface area contributed by atoms with Gasteiger partial charge in [0.2, 0.25) is 0 Å². The number of piperidine rings is 1. The predicted octanol–water partition coefficient (Wildman–Crippen LogP) is 2.27. The monoisotopic (exact) mass is 290 g/mol. The Morgan fingerprint density at radius 2 is 2.05 bits per heavy atom. The van der Waals surface area contributed by atoms with Gasteiger partial charge in [-0.1, -0.05) is 12.1 Å². The van der Waals surface area contributed by atoms with Crippen molar-refractivity contribution in [2.24, 2.45) is 5.73 Å². The normalized spacial score (nSPS) is 16.2. The van der Waals surface area contributed by atoms with Crippen molar-refractivity contribution in [3.63, 3.8) is 0 Å². The van der Waals surface area contributed by atoms with Gasteiger partial charge in [0.25, 0.3) is 5.91 Å². The summed E-state index contributed by atoms with van der Waals surface area (Å²) in [4.78, 5) is 14.6. The number of likely N-dealkylation sites (tertiary alicyclic amines) is 1. The fourth-order valence-corrected chi connectivity index (χ4v) is 2.71. The predicted molar refractivity (Wildman–Crippen MR) is 84.5 cm³/mol. The molecule has 4 nitrogen and oxygen atoms in total. The molecule has 2 N–H and O–H groups in total. The van der Waals surface area contributed by atoms with Crippen LogP contribution in [-0.4, -0.2) is 43.2 Å². The summed E-state index contributed by atoms with van der Waals surface area (Å²) in [6, 6.07) is 5.93. The molecule has 1 heterocycles. The highest BCUT2D eigenvalue weighted by molar-refractivity contribution is 5.96. The molecule has 1 amide bonds. The van der Waals surface area contributed by atoms with E-state index in [0.29, 0.717) is 6.54 Å². The molecule has 0 radical (unpaired) electrons. The number of ether oxygens (including phenoxy) is 1. The number of nitrogens with zero attached hydrogens (tertiary/aromatic N) is 1. The first-order valence-corrected chi connectivity index (χ1v) is 7.80. The number of hydrogen-bond donors (Lipinski definition) is 1. The molecule has 0 bridgehead atoms. The molecular weight excluding hydrogens is 264 g/mol. The van der Waals surface area contributed by atoms with Crippen molar-refractivity contribution in [2.75, 3.05) is 26.2 Å². The highest BCUT2D eigenvalue weighted by atomic mass is 16.5. The standard InChI is InChI=1S/C17H26N2O2/c1-13-5-3-6-16(14(13)2)17(20)19-10-7-15(8-11-19)21-12-4-9-18/h3,5-6,15H,4,7-12,18H2,1-2H3. The first-order valence-electron chi connectivity index (χ1n) is 7.80. The molecule has 1 aliphatic heterocycles. The lowest BCUT2D eigenvalue weighted by molar-refractivity contribution is 0.00843. The van der Waals surface area contributed by atoms with Gasteiger partial charge in [0.1, 0.15) is 0 Å². The van der Waals surface area contributed by atoms with Crippen LogP contribution in [0.4, 0.5) is 0 Å². The summed E-state index contributed by atoms with van der Waals surface area (Å²) in [6.07, 6.45) is 3.02. The Labute approximate surface area is 127 Å². The molecule has 0 aliphatic carbocycles. The van der Waals surface area contributed by atoms with Crippen LogP contribution < -0.4 is 5.73 Å². The summed E-state index contributed by atoms with van der Waals surface area (Å²) >= 11 is 0. The van der Waals surface area contributed by atoms with Crippen LogP contribution in [0.3, 0.4) is 0 Å². The van der Waals surface area contributed by atoms with E-state index in [9.17, 15) is 4.79 Å². The van der Waals surface area contributed by atoms with Gasteiger partial charge in [-0.3, -0.25) is 4.79 Å². The first-order chi connectivity index (χ1) is 10.1. The summed E-state index contributed by atoms with van der Waals surface area (Å²) in [5.41, 5.74) is 8.55. The Morgan fingerprint density at radius 1 is 1.33 bits per heavy atom. The molecule has 0 atom stereocenters. The first kappa shape index (κ1) is 16.0. The third-order valence-electron chi connectivity index (χ3n) is 4.27. The smallest absolute Gasteiger partial charge is 0.254 e. The van der Waals surface area contributed by atoms with Crippen LogP contribution >= 0.6 is 0 Å². The Hall–Kier alpha value is -1.39. The summed E-state index contributed by atoms with van der Waals surface area (Å²) in [5.74, 6) is 0.150. The molecule has 0 spiro atoms. The van der Waals surface area contributed by atoms with Crippen LogP contribution in [0.25, 0.3) is 0 Å². The van der Waals surface area contributed by atoms with Crippen LogP contribution in [-0.2, 0) is 4.74 Å². The quantitative estimate of drug-likeness (QED) is 0.846. The van der Waals surface area contributed by atoms with Crippen molar-refractivity contribution in [3.8, 4) is 0 Å². The Balaban J connectivity index is 1.90. The lowest BCUT2D eigenvalue weighted by atomic mass is 10.0. The van der Waals surface area contributed by atoms with Gasteiger partial charge in [0.15, 0.2) is 0 Å². The Bertz CT molecular complexity index is 480. The number of hydrogen-bond acceptors (Lipinski definition) is 3. The second kappa shape index (κ2) is 7.57. The number of carbonyl (C=O) groups excluding carboxylic acids is 1. The van der Waals surface area contributed by atoms with E-state index in [0.717, 1.165) is 50.1 Å². The van der Waals surface area contributed by atoms with Crippen LogP contribution in [0, 0.1) is 13.8 Å². The molecule has 0 saturated carbocycles. The van der Waals surface area contributed by atoms with Crippen molar-refractivity contribution in [2.45, 2.75) is 39.2 Å². The van der Waals surface area contributed by atoms with Gasteiger partial charge >= 0.3 is 0 Å². The average molecular weight is 290 g/mol. The van der Waals surface area contributed by atoms with Crippen molar-refractivity contribution in [1.29, 1.82) is 0 Å². The van der Waals surface area contributed by atoms with Crippen LogP contribution in [0.2, 0.25) is 0 Å². The molecule has 1 aromatic rings. The van der Waals surface area contributed by atoms with E-state index in [1.807, 2.05) is 36.9 Å². The second-order valence-corrected chi connectivity index (χ2v) is 5.75. The van der Waals surface area contributed by atoms with Gasteiger partial charge in [-0.15, -0.1) is 0 Å². The molecule has 4 heteroatoms. The number of aryl methyl sites for hydroxylation is 1. The number of carbonyl (C=O) groups is 1. The maximum absolute atomic E-state index is 12.6. The molecule has 116 valence electrons. The summed E-state index contributed by atoms with van der Waals surface area (Å²) in [5, 5.41) is 0. The van der Waals surface area contributed by atoms with Crippen molar-refractivity contribution in [1.82, 2.24) is 4.90 Å². The van der Waals surface area contributed by atoms with E-state index in [-0.39, 0.29) is 12.0 Å². The molecule has 1 saturated heterocycles. The highest BCUT2D eigenvalue weighted by Crippen LogP contribution is 2.19. The van der Waals surface area contributed by atoms with E-state index >= 15 is 0 Å². The van der Waals surface area contributed by atoms with Crippen molar-refractivity contribution in [3.05, 3.63) is 34.9 Å². The highest BCUT2D eigenvalue weighted by Gasteiger charge is 2.24. The van der Waals surface area contributed by atoms with Crippen LogP contribution in [0.15, 0.2) is 18.2 Å².